The first-order valence-electron chi connectivity index (χ1n) is 15.5. The van der Waals surface area contributed by atoms with Crippen LogP contribution in [0.25, 0.3) is 0 Å². The third kappa shape index (κ3) is 9.58. The van der Waals surface area contributed by atoms with Gasteiger partial charge in [0.25, 0.3) is 0 Å². The number of halogens is 5. The molecular weight excluding hydrogens is 712 g/mol. The van der Waals surface area contributed by atoms with Crippen molar-refractivity contribution in [3.63, 3.8) is 0 Å². The van der Waals surface area contributed by atoms with Crippen molar-refractivity contribution in [2.24, 2.45) is 0 Å². The summed E-state index contributed by atoms with van der Waals surface area (Å²) >= 11 is 11.5. The van der Waals surface area contributed by atoms with E-state index in [1.165, 1.54) is 43.5 Å². The molecule has 0 aromatic heterocycles. The number of rotatable bonds is 9. The zero-order valence-electron chi connectivity index (χ0n) is 26.2. The molecule has 0 heterocycles. The highest BCUT2D eigenvalue weighted by molar-refractivity contribution is 7.93. The fourth-order valence-electron chi connectivity index (χ4n) is 5.77. The molecular formula is C33H37Cl2F3N2O6S2. The smallest absolute Gasteiger partial charge is 0.337 e. The van der Waals surface area contributed by atoms with E-state index in [2.05, 4.69) is 9.46 Å². The van der Waals surface area contributed by atoms with Gasteiger partial charge in [-0.1, -0.05) is 67.8 Å². The number of nitrogens with zero attached hydrogens (tertiary/aromatic N) is 1. The van der Waals surface area contributed by atoms with E-state index < -0.39 is 48.7 Å². The second kappa shape index (κ2) is 16.6. The molecule has 15 heteroatoms. The van der Waals surface area contributed by atoms with Crippen LogP contribution in [0.15, 0.2) is 54.6 Å². The third-order valence-corrected chi connectivity index (χ3v) is 13.1. The maximum absolute atomic E-state index is 14.7. The highest BCUT2D eigenvalue weighted by Gasteiger charge is 2.34. The molecule has 0 atom stereocenters. The molecule has 8 nitrogen and oxygen atoms in total. The highest BCUT2D eigenvalue weighted by Crippen LogP contribution is 2.33. The van der Waals surface area contributed by atoms with E-state index in [1.54, 1.807) is 0 Å². The molecule has 48 heavy (non-hydrogen) atoms. The molecule has 2 saturated carbocycles. The lowest BCUT2D eigenvalue weighted by Crippen LogP contribution is -2.39. The Hall–Kier alpha value is -3.00. The number of carbonyl (C=O) groups excluding carboxylic acids is 1. The second-order valence-corrected chi connectivity index (χ2v) is 16.7. The minimum absolute atomic E-state index is 0.0188. The number of benzene rings is 3. The van der Waals surface area contributed by atoms with Gasteiger partial charge in [0, 0.05) is 5.56 Å². The summed E-state index contributed by atoms with van der Waals surface area (Å²) in [7, 11) is -6.07. The molecule has 2 aliphatic rings. The molecule has 1 N–H and O–H groups in total. The van der Waals surface area contributed by atoms with Crippen molar-refractivity contribution in [3.05, 3.63) is 93.2 Å². The maximum Gasteiger partial charge on any atom is 0.337 e. The quantitative estimate of drug-likeness (QED) is 0.220. The fourth-order valence-corrected chi connectivity index (χ4v) is 9.72. The van der Waals surface area contributed by atoms with Gasteiger partial charge in [0.05, 0.1) is 51.1 Å². The molecule has 5 rings (SSSR count). The SMILES string of the molecule is COC(=O)c1ccc(CN(c2ccc(F)c(Cl)c2)S(=O)(=O)C2CCCCC2)c(F)c1.O=S(=O)(Nc1ccc(F)c(Cl)c1)C1CCCCC1. The van der Waals surface area contributed by atoms with E-state index in [9.17, 15) is 34.8 Å². The second-order valence-electron chi connectivity index (χ2n) is 11.7. The van der Waals surface area contributed by atoms with Crippen LogP contribution in [0, 0.1) is 17.5 Å². The van der Waals surface area contributed by atoms with Crippen LogP contribution in [0.5, 0.6) is 0 Å². The number of methoxy groups -OCH3 is 1. The Kier molecular flexibility index (Phi) is 13.1. The Labute approximate surface area is 289 Å². The number of hydrogen-bond donors (Lipinski definition) is 1. The lowest BCUT2D eigenvalue weighted by molar-refractivity contribution is 0.0600. The summed E-state index contributed by atoms with van der Waals surface area (Å²) in [5.74, 6) is -2.67. The Morgan fingerprint density at radius 3 is 1.88 bits per heavy atom. The number of nitrogens with one attached hydrogen (secondary N) is 1. The Bertz CT molecular complexity index is 1820. The molecule has 0 saturated heterocycles. The molecule has 3 aromatic carbocycles. The van der Waals surface area contributed by atoms with E-state index in [0.717, 1.165) is 61.0 Å². The fraction of sp³-hybridized carbons (Fsp3) is 0.424. The number of hydrogen-bond acceptors (Lipinski definition) is 6. The molecule has 3 aromatic rings. The van der Waals surface area contributed by atoms with Crippen LogP contribution in [0.1, 0.15) is 80.1 Å². The van der Waals surface area contributed by atoms with Crippen molar-refractivity contribution in [3.8, 4) is 0 Å². The molecule has 0 aliphatic heterocycles. The molecule has 2 aliphatic carbocycles. The van der Waals surface area contributed by atoms with E-state index in [-0.39, 0.29) is 38.7 Å². The summed E-state index contributed by atoms with van der Waals surface area (Å²) in [6.45, 7) is -0.311. The van der Waals surface area contributed by atoms with Crippen molar-refractivity contribution in [1.82, 2.24) is 0 Å². The monoisotopic (exact) mass is 748 g/mol. The molecule has 0 amide bonds. The van der Waals surface area contributed by atoms with Gasteiger partial charge in [0.15, 0.2) is 0 Å². The summed E-state index contributed by atoms with van der Waals surface area (Å²) in [4.78, 5) is 11.6. The Morgan fingerprint density at radius 2 is 1.33 bits per heavy atom. The van der Waals surface area contributed by atoms with Crippen molar-refractivity contribution >= 4 is 60.6 Å². The van der Waals surface area contributed by atoms with Gasteiger partial charge in [-0.25, -0.2) is 34.8 Å². The van der Waals surface area contributed by atoms with Crippen LogP contribution >= 0.6 is 23.2 Å². The normalized spacial score (nSPS) is 16.0. The van der Waals surface area contributed by atoms with E-state index in [1.807, 2.05) is 0 Å². The summed E-state index contributed by atoms with van der Waals surface area (Å²) in [6, 6.07) is 11.1. The van der Waals surface area contributed by atoms with Crippen LogP contribution in [0.2, 0.25) is 10.0 Å². The van der Waals surface area contributed by atoms with Crippen molar-refractivity contribution in [1.29, 1.82) is 0 Å². The summed E-state index contributed by atoms with van der Waals surface area (Å²) in [5, 5.41) is -1.26. The van der Waals surface area contributed by atoms with Crippen LogP contribution in [-0.2, 0) is 31.3 Å². The summed E-state index contributed by atoms with van der Waals surface area (Å²) in [5.41, 5.74) is 0.558. The predicted octanol–water partition coefficient (Wildman–Crippen LogP) is 8.63. The lowest BCUT2D eigenvalue weighted by Gasteiger charge is -2.31. The highest BCUT2D eigenvalue weighted by atomic mass is 35.5. The standard InChI is InChI=1S/C21H22ClF2NO4S.C12H15ClFNO2S/c1-29-21(26)14-7-8-15(20(24)11-14)13-25(16-9-10-19(23)18(22)12-16)30(27,28)17-5-3-2-4-6-17;13-11-8-9(6-7-12(11)14)15-18(16,17)10-4-2-1-3-5-10/h7-12,17H,2-6,13H2,1H3;6-8,10,15H,1-5H2. The molecule has 0 radical (unpaired) electrons. The Balaban J connectivity index is 0.000000246. The third-order valence-electron chi connectivity index (χ3n) is 8.43. The average Bonchev–Trinajstić information content (AvgIpc) is 3.07. The van der Waals surface area contributed by atoms with Crippen molar-refractivity contribution in [2.75, 3.05) is 16.1 Å². The van der Waals surface area contributed by atoms with Gasteiger partial charge in [0.1, 0.15) is 17.5 Å². The van der Waals surface area contributed by atoms with Crippen LogP contribution in [-0.4, -0.2) is 40.4 Å². The zero-order valence-corrected chi connectivity index (χ0v) is 29.4. The van der Waals surface area contributed by atoms with Gasteiger partial charge in [0.2, 0.25) is 20.0 Å². The van der Waals surface area contributed by atoms with Crippen LogP contribution < -0.4 is 9.03 Å². The van der Waals surface area contributed by atoms with E-state index >= 15 is 0 Å². The molecule has 2 fully saturated rings. The van der Waals surface area contributed by atoms with Crippen molar-refractivity contribution < 1.29 is 39.5 Å². The largest absolute Gasteiger partial charge is 0.465 e. The van der Waals surface area contributed by atoms with Gasteiger partial charge in [-0.15, -0.1) is 0 Å². The van der Waals surface area contributed by atoms with Gasteiger partial charge in [-0.2, -0.15) is 0 Å². The number of esters is 1. The first kappa shape index (κ1) is 37.8. The van der Waals surface area contributed by atoms with Gasteiger partial charge in [-0.05, 0) is 74.2 Å². The van der Waals surface area contributed by atoms with Gasteiger partial charge < -0.3 is 4.74 Å². The Morgan fingerprint density at radius 1 is 0.771 bits per heavy atom. The molecule has 262 valence electrons. The first-order valence-corrected chi connectivity index (χ1v) is 19.3. The number of sulfonamides is 2. The van der Waals surface area contributed by atoms with Crippen LogP contribution in [0.3, 0.4) is 0 Å². The van der Waals surface area contributed by atoms with E-state index in [4.69, 9.17) is 23.2 Å². The number of anilines is 2. The minimum Gasteiger partial charge on any atom is -0.465 e. The average molecular weight is 750 g/mol. The maximum atomic E-state index is 14.7. The topological polar surface area (TPSA) is 110 Å². The summed E-state index contributed by atoms with van der Waals surface area (Å²) in [6.07, 6.45) is 7.93. The number of ether oxygens (including phenoxy) is 1. The predicted molar refractivity (Wildman–Crippen MR) is 182 cm³/mol. The summed E-state index contributed by atoms with van der Waals surface area (Å²) < 4.78 is 100. The lowest BCUT2D eigenvalue weighted by atomic mass is 10.0. The van der Waals surface area contributed by atoms with Gasteiger partial charge in [-0.3, -0.25) is 9.03 Å². The molecule has 0 spiro atoms. The van der Waals surface area contributed by atoms with E-state index in [0.29, 0.717) is 31.4 Å². The zero-order chi connectivity index (χ0) is 35.1. The first-order chi connectivity index (χ1) is 22.7. The van der Waals surface area contributed by atoms with Gasteiger partial charge >= 0.3 is 5.97 Å². The molecule has 0 unspecified atom stereocenters. The number of carbonyl (C=O) groups is 1. The minimum atomic E-state index is -3.86. The molecule has 0 bridgehead atoms. The van der Waals surface area contributed by atoms with Crippen molar-refractivity contribution in [2.45, 2.75) is 81.3 Å². The van der Waals surface area contributed by atoms with Crippen LogP contribution in [0.4, 0.5) is 24.5 Å².